The Morgan fingerprint density at radius 1 is 1.18 bits per heavy atom. The van der Waals surface area contributed by atoms with Gasteiger partial charge in [0.25, 0.3) is 0 Å². The molecule has 2 heterocycles. The van der Waals surface area contributed by atoms with Crippen LogP contribution in [0, 0.1) is 12.7 Å². The Labute approximate surface area is 227 Å². The number of anilines is 4. The molecule has 2 aromatic carbocycles. The molecule has 0 radical (unpaired) electrons. The van der Waals surface area contributed by atoms with Crippen LogP contribution in [0.2, 0.25) is 0 Å². The van der Waals surface area contributed by atoms with E-state index in [2.05, 4.69) is 27.1 Å². The predicted octanol–water partition coefficient (Wildman–Crippen LogP) is 4.96. The van der Waals surface area contributed by atoms with E-state index in [1.54, 1.807) is 25.4 Å². The van der Waals surface area contributed by atoms with E-state index in [1.807, 2.05) is 56.8 Å². The van der Waals surface area contributed by atoms with Gasteiger partial charge in [0.15, 0.2) is 0 Å². The molecule has 0 fully saturated rings. The maximum Gasteiger partial charge on any atom is 0.247 e. The van der Waals surface area contributed by atoms with Crippen LogP contribution in [0.15, 0.2) is 55.4 Å². The molecule has 4 rings (SSSR count). The Kier molecular flexibility index (Phi) is 8.15. The number of aryl methyl sites for hydroxylation is 2. The fourth-order valence-corrected chi connectivity index (χ4v) is 4.35. The summed E-state index contributed by atoms with van der Waals surface area (Å²) >= 11 is 0. The highest BCUT2D eigenvalue weighted by atomic mass is 19.1. The minimum atomic E-state index is -0.328. The Morgan fingerprint density at radius 3 is 2.64 bits per heavy atom. The molecule has 0 saturated heterocycles. The van der Waals surface area contributed by atoms with E-state index in [1.165, 1.54) is 18.2 Å². The van der Waals surface area contributed by atoms with Gasteiger partial charge in [-0.2, -0.15) is 0 Å². The van der Waals surface area contributed by atoms with Crippen molar-refractivity contribution in [3.8, 4) is 17.0 Å². The first-order valence-electron chi connectivity index (χ1n) is 12.5. The molecular weight excluding hydrogens is 497 g/mol. The van der Waals surface area contributed by atoms with Gasteiger partial charge in [0, 0.05) is 62.1 Å². The van der Waals surface area contributed by atoms with E-state index < -0.39 is 0 Å². The Morgan fingerprint density at radius 2 is 1.95 bits per heavy atom. The van der Waals surface area contributed by atoms with Crippen molar-refractivity contribution in [1.29, 1.82) is 0 Å². The molecule has 39 heavy (non-hydrogen) atoms. The number of aromatic nitrogens is 3. The van der Waals surface area contributed by atoms with Crippen LogP contribution in [0.4, 0.5) is 27.4 Å². The monoisotopic (exact) mass is 531 g/mol. The number of nitrogens with one attached hydrogen (secondary N) is 2. The summed E-state index contributed by atoms with van der Waals surface area (Å²) in [5, 5.41) is 6.90. The highest BCUT2D eigenvalue weighted by molar-refractivity contribution is 6.02. The number of carbonyl (C=O) groups excluding carboxylic acids is 1. The Bertz CT molecular complexity index is 1530. The predicted molar refractivity (Wildman–Crippen MR) is 156 cm³/mol. The van der Waals surface area contributed by atoms with Crippen molar-refractivity contribution >= 4 is 39.8 Å². The molecule has 0 unspecified atom stereocenters. The number of fused-ring (bicyclic) bond motifs is 1. The number of rotatable bonds is 10. The van der Waals surface area contributed by atoms with Gasteiger partial charge >= 0.3 is 0 Å². The number of ether oxygens (including phenoxy) is 1. The molecule has 0 atom stereocenters. The number of hydrogen-bond donors (Lipinski definition) is 2. The molecular formula is C29H34FN7O2. The second-order valence-electron chi connectivity index (χ2n) is 9.65. The molecule has 2 aromatic heterocycles. The number of carbonyl (C=O) groups is 1. The molecule has 9 nitrogen and oxygen atoms in total. The van der Waals surface area contributed by atoms with E-state index in [0.29, 0.717) is 28.8 Å². The van der Waals surface area contributed by atoms with Gasteiger partial charge < -0.3 is 29.7 Å². The summed E-state index contributed by atoms with van der Waals surface area (Å²) in [5.41, 5.74) is 5.18. The topological polar surface area (TPSA) is 87.5 Å². The van der Waals surface area contributed by atoms with Gasteiger partial charge in [0.2, 0.25) is 11.9 Å². The maximum absolute atomic E-state index is 14.1. The zero-order valence-electron chi connectivity index (χ0n) is 23.2. The minimum Gasteiger partial charge on any atom is -0.494 e. The van der Waals surface area contributed by atoms with Crippen LogP contribution >= 0.6 is 0 Å². The number of hydrogen-bond acceptors (Lipinski definition) is 7. The van der Waals surface area contributed by atoms with E-state index >= 15 is 0 Å². The van der Waals surface area contributed by atoms with Crippen molar-refractivity contribution in [2.24, 2.45) is 7.05 Å². The lowest BCUT2D eigenvalue weighted by atomic mass is 10.1. The zero-order chi connectivity index (χ0) is 28.3. The Balaban J connectivity index is 1.75. The number of methoxy groups -OCH3 is 1. The van der Waals surface area contributed by atoms with Gasteiger partial charge in [-0.25, -0.2) is 14.4 Å². The molecule has 0 spiro atoms. The van der Waals surface area contributed by atoms with Crippen LogP contribution in [0.3, 0.4) is 0 Å². The lowest BCUT2D eigenvalue weighted by molar-refractivity contribution is -0.111. The van der Waals surface area contributed by atoms with Crippen molar-refractivity contribution in [3.63, 3.8) is 0 Å². The molecule has 1 amide bonds. The van der Waals surface area contributed by atoms with Gasteiger partial charge in [-0.3, -0.25) is 4.79 Å². The second-order valence-corrected chi connectivity index (χ2v) is 9.65. The van der Waals surface area contributed by atoms with Crippen LogP contribution in [0.25, 0.3) is 22.2 Å². The fourth-order valence-electron chi connectivity index (χ4n) is 4.35. The van der Waals surface area contributed by atoms with Gasteiger partial charge in [0.1, 0.15) is 11.6 Å². The van der Waals surface area contributed by atoms with Crippen molar-refractivity contribution in [2.75, 3.05) is 56.9 Å². The zero-order valence-corrected chi connectivity index (χ0v) is 23.2. The summed E-state index contributed by atoms with van der Waals surface area (Å²) in [6.07, 6.45) is 4.88. The summed E-state index contributed by atoms with van der Waals surface area (Å²) in [7, 11) is 9.47. The largest absolute Gasteiger partial charge is 0.494 e. The average Bonchev–Trinajstić information content (AvgIpc) is 3.23. The summed E-state index contributed by atoms with van der Waals surface area (Å²) in [4.78, 5) is 25.7. The summed E-state index contributed by atoms with van der Waals surface area (Å²) < 4.78 is 21.8. The SMILES string of the molecule is C=CC(=O)Nc1cc(Nc2ncc(C)c(-c3cn(C)c4ccc(F)cc34)n2)c(OC)cc1N(C)CCN(C)C. The van der Waals surface area contributed by atoms with Crippen molar-refractivity contribution in [3.05, 3.63) is 66.8 Å². The quantitative estimate of drug-likeness (QED) is 0.280. The van der Waals surface area contributed by atoms with Crippen LogP contribution < -0.4 is 20.3 Å². The van der Waals surface area contributed by atoms with Crippen LogP contribution in [-0.4, -0.2) is 66.7 Å². The maximum atomic E-state index is 14.1. The van der Waals surface area contributed by atoms with E-state index in [9.17, 15) is 9.18 Å². The summed E-state index contributed by atoms with van der Waals surface area (Å²) in [5.74, 6) is 0.244. The highest BCUT2D eigenvalue weighted by Gasteiger charge is 2.18. The lowest BCUT2D eigenvalue weighted by Crippen LogP contribution is -2.29. The molecule has 2 N–H and O–H groups in total. The van der Waals surface area contributed by atoms with Crippen LogP contribution in [-0.2, 0) is 11.8 Å². The molecule has 204 valence electrons. The number of halogens is 1. The third-order valence-electron chi connectivity index (χ3n) is 6.48. The van der Waals surface area contributed by atoms with Crippen molar-refractivity contribution in [2.45, 2.75) is 6.92 Å². The normalized spacial score (nSPS) is 11.1. The number of likely N-dealkylation sites (N-methyl/N-ethyl adjacent to an activating group) is 2. The first-order valence-corrected chi connectivity index (χ1v) is 12.5. The summed E-state index contributed by atoms with van der Waals surface area (Å²) in [6, 6.07) is 8.37. The average molecular weight is 532 g/mol. The smallest absolute Gasteiger partial charge is 0.247 e. The van der Waals surface area contributed by atoms with Crippen LogP contribution in [0.1, 0.15) is 5.56 Å². The fraction of sp³-hybridized carbons (Fsp3) is 0.276. The second kappa shape index (κ2) is 11.5. The van der Waals surface area contributed by atoms with E-state index in [4.69, 9.17) is 9.72 Å². The van der Waals surface area contributed by atoms with Gasteiger partial charge in [-0.1, -0.05) is 6.58 Å². The molecule has 10 heteroatoms. The van der Waals surface area contributed by atoms with E-state index in [-0.39, 0.29) is 11.7 Å². The lowest BCUT2D eigenvalue weighted by Gasteiger charge is -2.26. The molecule has 0 aliphatic carbocycles. The molecule has 4 aromatic rings. The van der Waals surface area contributed by atoms with Gasteiger partial charge in [-0.15, -0.1) is 0 Å². The number of benzene rings is 2. The van der Waals surface area contributed by atoms with Gasteiger partial charge in [0.05, 0.1) is 29.9 Å². The minimum absolute atomic E-state index is 0.311. The standard InChI is InChI=1S/C29H34FN7O2/c1-8-27(38)32-22-14-23(26(39-7)15-25(22)36(5)12-11-35(3)4)33-29-31-16-18(2)28(34-29)21-17-37(6)24-10-9-19(30)13-20(21)24/h8-10,13-17H,1,11-12H2,2-7H3,(H,32,38)(H,31,33,34). The first-order chi connectivity index (χ1) is 18.6. The third-order valence-corrected chi connectivity index (χ3v) is 6.48. The van der Waals surface area contributed by atoms with Crippen molar-refractivity contribution < 1.29 is 13.9 Å². The molecule has 0 aliphatic rings. The van der Waals surface area contributed by atoms with Crippen LogP contribution in [0.5, 0.6) is 5.75 Å². The summed E-state index contributed by atoms with van der Waals surface area (Å²) in [6.45, 7) is 7.05. The molecule has 0 saturated carbocycles. The molecule has 0 aliphatic heterocycles. The van der Waals surface area contributed by atoms with Crippen molar-refractivity contribution in [1.82, 2.24) is 19.4 Å². The third kappa shape index (κ3) is 6.01. The number of nitrogens with zero attached hydrogens (tertiary/aromatic N) is 5. The van der Waals surface area contributed by atoms with Gasteiger partial charge in [-0.05, 0) is 56.9 Å². The Hall–Kier alpha value is -4.44. The van der Waals surface area contributed by atoms with E-state index in [0.717, 1.165) is 40.8 Å². The number of amides is 1. The first kappa shape index (κ1) is 27.6. The highest BCUT2D eigenvalue weighted by Crippen LogP contribution is 2.38. The molecule has 0 bridgehead atoms.